The third-order valence-corrected chi connectivity index (χ3v) is 11.6. The van der Waals surface area contributed by atoms with Gasteiger partial charge in [0.05, 0.1) is 17.8 Å². The fourth-order valence-electron chi connectivity index (χ4n) is 8.44. The molecule has 0 aromatic heterocycles. The Morgan fingerprint density at radius 2 is 1.70 bits per heavy atom. The summed E-state index contributed by atoms with van der Waals surface area (Å²) in [5.74, 6) is -1.36. The number of Topliss-reactive ketones (excluding diaryl/α,β-unsaturated/α-hetero) is 1. The van der Waals surface area contributed by atoms with E-state index >= 15 is 0 Å². The van der Waals surface area contributed by atoms with E-state index in [0.29, 0.717) is 38.9 Å². The summed E-state index contributed by atoms with van der Waals surface area (Å²) in [6.45, 7) is 21.2. The van der Waals surface area contributed by atoms with Gasteiger partial charge in [0, 0.05) is 63.6 Å². The number of esters is 1. The molecule has 1 amide bonds. The molecule has 0 spiro atoms. The molecule has 0 aromatic carbocycles. The van der Waals surface area contributed by atoms with Crippen molar-refractivity contribution in [2.45, 2.75) is 124 Å². The fraction of sp³-hybridized carbons (Fsp3) is 0.921. The third kappa shape index (κ3) is 10.0. The number of likely N-dealkylation sites (N-methyl/N-ethyl adjacent to an activating group) is 2. The molecule has 0 saturated carbocycles. The Balaban J connectivity index is 1.86. The van der Waals surface area contributed by atoms with Crippen LogP contribution in [0.3, 0.4) is 0 Å². The van der Waals surface area contributed by atoms with Gasteiger partial charge in [0.2, 0.25) is 5.91 Å². The van der Waals surface area contributed by atoms with Crippen LogP contribution in [0, 0.1) is 28.6 Å². The van der Waals surface area contributed by atoms with Crippen molar-refractivity contribution in [2.24, 2.45) is 28.6 Å². The zero-order valence-electron chi connectivity index (χ0n) is 33.7. The van der Waals surface area contributed by atoms with E-state index in [1.54, 1.807) is 27.9 Å². The molecule has 0 bridgehead atoms. The lowest BCUT2D eigenvalue weighted by Gasteiger charge is -2.48. The number of aliphatic hydroxyl groups excluding tert-OH is 1. The van der Waals surface area contributed by atoms with E-state index in [1.165, 1.54) is 0 Å². The Hall–Kier alpha value is -1.67. The Morgan fingerprint density at radius 1 is 1.08 bits per heavy atom. The Bertz CT molecular complexity index is 1160. The lowest BCUT2D eigenvalue weighted by atomic mass is 9.74. The lowest BCUT2D eigenvalue weighted by molar-refractivity contribution is -0.295. The van der Waals surface area contributed by atoms with E-state index < -0.39 is 41.4 Å². The van der Waals surface area contributed by atoms with Gasteiger partial charge in [-0.15, -0.1) is 0 Å². The summed E-state index contributed by atoms with van der Waals surface area (Å²) in [5.41, 5.74) is -2.57. The van der Waals surface area contributed by atoms with E-state index in [9.17, 15) is 19.5 Å². The minimum absolute atomic E-state index is 0.0881. The normalized spacial score (nSPS) is 35.7. The van der Waals surface area contributed by atoms with Crippen LogP contribution in [0.25, 0.3) is 0 Å². The molecule has 12 nitrogen and oxygen atoms in total. The number of hydrogen-bond acceptors (Lipinski definition) is 11. The van der Waals surface area contributed by atoms with Crippen molar-refractivity contribution in [3.8, 4) is 0 Å². The third-order valence-electron chi connectivity index (χ3n) is 11.6. The zero-order valence-corrected chi connectivity index (χ0v) is 33.7. The molecule has 3 aliphatic rings. The van der Waals surface area contributed by atoms with Crippen molar-refractivity contribution >= 4 is 17.7 Å². The van der Waals surface area contributed by atoms with Crippen LogP contribution < -0.4 is 0 Å². The zero-order chi connectivity index (χ0) is 37.9. The number of aliphatic hydroxyl groups is 1. The minimum Gasteiger partial charge on any atom is -0.463 e. The quantitative estimate of drug-likeness (QED) is 0.266. The van der Waals surface area contributed by atoms with Crippen molar-refractivity contribution in [1.29, 1.82) is 0 Å². The van der Waals surface area contributed by atoms with Crippen LogP contribution in [-0.2, 0) is 33.3 Å². The number of hydrogen-bond donors (Lipinski definition) is 1. The Labute approximate surface area is 302 Å². The van der Waals surface area contributed by atoms with Crippen LogP contribution >= 0.6 is 0 Å². The van der Waals surface area contributed by atoms with Gasteiger partial charge in [-0.25, -0.2) is 0 Å². The van der Waals surface area contributed by atoms with Gasteiger partial charge in [0.1, 0.15) is 18.1 Å². The van der Waals surface area contributed by atoms with Gasteiger partial charge in [-0.2, -0.15) is 0 Å². The molecule has 3 rings (SSSR count). The first-order chi connectivity index (χ1) is 23.1. The molecule has 0 aromatic rings. The molecular formula is C38H70N4O8. The molecule has 3 fully saturated rings. The van der Waals surface area contributed by atoms with Gasteiger partial charge in [0.25, 0.3) is 0 Å². The summed E-state index contributed by atoms with van der Waals surface area (Å²) >= 11 is 0. The molecule has 12 heteroatoms. The van der Waals surface area contributed by atoms with E-state index in [4.69, 9.17) is 18.9 Å². The standard InChI is InChI=1S/C38H70N4O8/c1-15-40(12)23-36(5,6)18-30(43)42-20-27(21-42)29-22-48-35(46)37(7,8)32(45)26(4)33(38(9,47-14)17-24(2)19-41(29)13)50-34-31(44)28(39(10)11)16-25(3)49-34/h24-29,31,33-34,44H,15-23H2,1-14H3/t24-,25-,26+,28+,29?,31-,33-,34+,38-/m1/s1. The van der Waals surface area contributed by atoms with Crippen LogP contribution in [0.2, 0.25) is 0 Å². The second-order valence-corrected chi connectivity index (χ2v) is 17.6. The Kier molecular flexibility index (Phi) is 14.5. The molecule has 50 heavy (non-hydrogen) atoms. The number of nitrogens with zero attached hydrogens (tertiary/aromatic N) is 4. The average Bonchev–Trinajstić information content (AvgIpc) is 2.99. The summed E-state index contributed by atoms with van der Waals surface area (Å²) in [7, 11) is 9.56. The molecule has 1 unspecified atom stereocenters. The van der Waals surface area contributed by atoms with Crippen molar-refractivity contribution in [1.82, 2.24) is 19.6 Å². The summed E-state index contributed by atoms with van der Waals surface area (Å²) in [5, 5.41) is 11.4. The highest BCUT2D eigenvalue weighted by Gasteiger charge is 2.52. The maximum atomic E-state index is 14.3. The molecule has 3 saturated heterocycles. The molecule has 3 heterocycles. The van der Waals surface area contributed by atoms with Crippen LogP contribution in [0.15, 0.2) is 0 Å². The first-order valence-corrected chi connectivity index (χ1v) is 18.7. The van der Waals surface area contributed by atoms with Crippen molar-refractivity contribution in [2.75, 3.05) is 74.6 Å². The van der Waals surface area contributed by atoms with Gasteiger partial charge >= 0.3 is 5.97 Å². The van der Waals surface area contributed by atoms with E-state index in [-0.39, 0.29) is 53.7 Å². The van der Waals surface area contributed by atoms with E-state index in [2.05, 4.69) is 44.5 Å². The molecule has 290 valence electrons. The molecular weight excluding hydrogens is 640 g/mol. The summed E-state index contributed by atoms with van der Waals surface area (Å²) < 4.78 is 25.0. The number of rotatable bonds is 10. The maximum absolute atomic E-state index is 14.3. The number of cyclic esters (lactones) is 1. The fourth-order valence-corrected chi connectivity index (χ4v) is 8.44. The second kappa shape index (κ2) is 17.0. The molecule has 1 N–H and O–H groups in total. The molecule has 9 atom stereocenters. The number of carbonyl (C=O) groups excluding carboxylic acids is 3. The summed E-state index contributed by atoms with van der Waals surface area (Å²) in [4.78, 5) is 49.7. The minimum atomic E-state index is -1.47. The van der Waals surface area contributed by atoms with E-state index in [1.807, 2.05) is 44.8 Å². The van der Waals surface area contributed by atoms with Crippen molar-refractivity contribution in [3.05, 3.63) is 0 Å². The van der Waals surface area contributed by atoms with Gasteiger partial charge in [0.15, 0.2) is 12.1 Å². The lowest BCUT2D eigenvalue weighted by Crippen LogP contribution is -2.60. The largest absolute Gasteiger partial charge is 0.463 e. The van der Waals surface area contributed by atoms with Crippen LogP contribution in [0.1, 0.15) is 81.6 Å². The average molecular weight is 711 g/mol. The molecule has 3 aliphatic heterocycles. The first kappa shape index (κ1) is 42.7. The van der Waals surface area contributed by atoms with Gasteiger partial charge in [-0.3, -0.25) is 19.3 Å². The smallest absolute Gasteiger partial charge is 0.319 e. The summed E-state index contributed by atoms with van der Waals surface area (Å²) in [6, 6.07) is -0.328. The van der Waals surface area contributed by atoms with Crippen LogP contribution in [0.5, 0.6) is 0 Å². The van der Waals surface area contributed by atoms with Crippen LogP contribution in [-0.4, -0.2) is 159 Å². The molecule has 0 aliphatic carbocycles. The van der Waals surface area contributed by atoms with Crippen molar-refractivity contribution < 1.29 is 38.4 Å². The number of ketones is 1. The number of methoxy groups -OCH3 is 1. The van der Waals surface area contributed by atoms with Gasteiger partial charge in [-0.05, 0) is 86.6 Å². The molecule has 0 radical (unpaired) electrons. The monoisotopic (exact) mass is 711 g/mol. The highest BCUT2D eigenvalue weighted by Crippen LogP contribution is 2.39. The number of amides is 1. The van der Waals surface area contributed by atoms with Gasteiger partial charge < -0.3 is 38.8 Å². The number of carbonyl (C=O) groups is 3. The van der Waals surface area contributed by atoms with E-state index in [0.717, 1.165) is 13.1 Å². The highest BCUT2D eigenvalue weighted by atomic mass is 16.7. The van der Waals surface area contributed by atoms with Crippen molar-refractivity contribution in [3.63, 3.8) is 0 Å². The van der Waals surface area contributed by atoms with Crippen LogP contribution in [0.4, 0.5) is 0 Å². The van der Waals surface area contributed by atoms with Gasteiger partial charge in [-0.1, -0.05) is 34.6 Å². The number of likely N-dealkylation sites (tertiary alicyclic amines) is 1. The SMILES string of the molecule is CCN(C)CC(C)(C)CC(=O)N1CC(C2COC(=O)C(C)(C)C(=O)[C@H](C)[C@@H](O[C@@H]3O[C@H](C)C[C@H](N(C)C)[C@H]3O)[C@](C)(OC)C[C@@H](C)CN2C)C1. The predicted octanol–water partition coefficient (Wildman–Crippen LogP) is 3.14. The maximum Gasteiger partial charge on any atom is 0.319 e. The number of ether oxygens (including phenoxy) is 4. The predicted molar refractivity (Wildman–Crippen MR) is 193 cm³/mol. The topological polar surface area (TPSA) is 121 Å². The highest BCUT2D eigenvalue weighted by molar-refractivity contribution is 6.04. The summed E-state index contributed by atoms with van der Waals surface area (Å²) in [6.07, 6.45) is -1.29. The second-order valence-electron chi connectivity index (χ2n) is 17.6. The first-order valence-electron chi connectivity index (χ1n) is 18.7. The Morgan fingerprint density at radius 3 is 2.26 bits per heavy atom.